The molecule has 0 bridgehead atoms. The SMILES string of the molecule is COc1ccccc1CNC(=O)NC(Cc1ccccc1)C(O)C(=O)N1CSC(C)(C)[C@H]1C(=O)NCc1ccccc1C. The van der Waals surface area contributed by atoms with Crippen LogP contribution in [0.5, 0.6) is 5.75 Å². The Hall–Kier alpha value is -4.02. The van der Waals surface area contributed by atoms with Crippen LogP contribution in [0, 0.1) is 6.92 Å². The number of urea groups is 1. The smallest absolute Gasteiger partial charge is 0.315 e. The number of para-hydroxylation sites is 1. The van der Waals surface area contributed by atoms with Crippen molar-refractivity contribution < 1.29 is 24.2 Å². The highest BCUT2D eigenvalue weighted by atomic mass is 32.2. The van der Waals surface area contributed by atoms with E-state index < -0.39 is 34.9 Å². The second-order valence-corrected chi connectivity index (χ2v) is 12.7. The molecule has 3 aromatic rings. The largest absolute Gasteiger partial charge is 0.496 e. The highest BCUT2D eigenvalue weighted by Gasteiger charge is 2.49. The van der Waals surface area contributed by atoms with Crippen LogP contribution in [0.25, 0.3) is 0 Å². The molecule has 0 radical (unpaired) electrons. The van der Waals surface area contributed by atoms with Gasteiger partial charge in [0.25, 0.3) is 5.91 Å². The van der Waals surface area contributed by atoms with Gasteiger partial charge in [0.15, 0.2) is 6.10 Å². The van der Waals surface area contributed by atoms with E-state index >= 15 is 0 Å². The molecular weight excluding hydrogens is 564 g/mol. The van der Waals surface area contributed by atoms with E-state index in [0.29, 0.717) is 12.3 Å². The summed E-state index contributed by atoms with van der Waals surface area (Å²) >= 11 is 1.48. The minimum atomic E-state index is -1.58. The van der Waals surface area contributed by atoms with Crippen molar-refractivity contribution in [1.29, 1.82) is 0 Å². The van der Waals surface area contributed by atoms with E-state index in [1.807, 2.05) is 93.6 Å². The van der Waals surface area contributed by atoms with E-state index in [1.165, 1.54) is 16.7 Å². The number of carbonyl (C=O) groups excluding carboxylic acids is 3. The molecule has 43 heavy (non-hydrogen) atoms. The van der Waals surface area contributed by atoms with Crippen molar-refractivity contribution in [3.63, 3.8) is 0 Å². The molecule has 1 heterocycles. The lowest BCUT2D eigenvalue weighted by Crippen LogP contribution is -2.59. The minimum absolute atomic E-state index is 0.192. The zero-order valence-corrected chi connectivity index (χ0v) is 25.8. The fourth-order valence-electron chi connectivity index (χ4n) is 5.20. The van der Waals surface area contributed by atoms with Crippen LogP contribution >= 0.6 is 11.8 Å². The highest BCUT2D eigenvalue weighted by Crippen LogP contribution is 2.40. The van der Waals surface area contributed by atoms with Gasteiger partial charge in [-0.05, 0) is 49.9 Å². The Morgan fingerprint density at radius 1 is 0.953 bits per heavy atom. The van der Waals surface area contributed by atoms with Gasteiger partial charge in [0.05, 0.1) is 19.0 Å². The fraction of sp³-hybridized carbons (Fsp3) is 0.364. The van der Waals surface area contributed by atoms with Gasteiger partial charge in [-0.1, -0.05) is 72.8 Å². The number of rotatable bonds is 11. The third-order valence-corrected chi connectivity index (χ3v) is 9.05. The van der Waals surface area contributed by atoms with Crippen LogP contribution in [0.1, 0.15) is 36.1 Å². The van der Waals surface area contributed by atoms with Crippen molar-refractivity contribution in [1.82, 2.24) is 20.9 Å². The molecule has 1 aliphatic rings. The summed E-state index contributed by atoms with van der Waals surface area (Å²) in [6.07, 6.45) is -1.37. The summed E-state index contributed by atoms with van der Waals surface area (Å²) in [5, 5.41) is 20.0. The molecule has 10 heteroatoms. The molecule has 228 valence electrons. The van der Waals surface area contributed by atoms with E-state index in [2.05, 4.69) is 16.0 Å². The molecule has 4 amide bonds. The molecule has 0 aliphatic carbocycles. The van der Waals surface area contributed by atoms with Crippen LogP contribution in [0.4, 0.5) is 4.79 Å². The van der Waals surface area contributed by atoms with Gasteiger partial charge in [0, 0.05) is 23.4 Å². The monoisotopic (exact) mass is 604 g/mol. The number of hydrogen-bond acceptors (Lipinski definition) is 6. The molecule has 1 fully saturated rings. The van der Waals surface area contributed by atoms with E-state index in [0.717, 1.165) is 22.3 Å². The van der Waals surface area contributed by atoms with Crippen molar-refractivity contribution in [2.45, 2.75) is 63.2 Å². The second-order valence-electron chi connectivity index (χ2n) is 11.1. The maximum Gasteiger partial charge on any atom is 0.315 e. The van der Waals surface area contributed by atoms with Crippen molar-refractivity contribution >= 4 is 29.6 Å². The molecule has 1 aliphatic heterocycles. The van der Waals surface area contributed by atoms with Crippen LogP contribution in [0.15, 0.2) is 78.9 Å². The van der Waals surface area contributed by atoms with E-state index in [1.54, 1.807) is 13.2 Å². The van der Waals surface area contributed by atoms with Crippen LogP contribution in [0.2, 0.25) is 0 Å². The van der Waals surface area contributed by atoms with Crippen LogP contribution in [0.3, 0.4) is 0 Å². The summed E-state index contributed by atoms with van der Waals surface area (Å²) in [6, 6.07) is 22.2. The Morgan fingerprint density at radius 2 is 1.58 bits per heavy atom. The lowest BCUT2D eigenvalue weighted by atomic mass is 9.97. The van der Waals surface area contributed by atoms with Gasteiger partial charge >= 0.3 is 6.03 Å². The summed E-state index contributed by atoms with van der Waals surface area (Å²) in [7, 11) is 1.56. The quantitative estimate of drug-likeness (QED) is 0.265. The first kappa shape index (κ1) is 31.9. The number of hydrogen-bond donors (Lipinski definition) is 4. The maximum absolute atomic E-state index is 13.8. The van der Waals surface area contributed by atoms with Crippen molar-refractivity contribution in [3.8, 4) is 5.75 Å². The van der Waals surface area contributed by atoms with Crippen molar-refractivity contribution in [2.75, 3.05) is 13.0 Å². The Morgan fingerprint density at radius 3 is 2.28 bits per heavy atom. The lowest BCUT2D eigenvalue weighted by molar-refractivity contribution is -0.147. The average molecular weight is 605 g/mol. The van der Waals surface area contributed by atoms with Gasteiger partial charge < -0.3 is 30.7 Å². The van der Waals surface area contributed by atoms with Crippen molar-refractivity contribution in [3.05, 3.63) is 101 Å². The van der Waals surface area contributed by atoms with Gasteiger partial charge in [-0.2, -0.15) is 0 Å². The Kier molecular flexibility index (Phi) is 10.7. The number of thioether (sulfide) groups is 1. The molecule has 3 atom stereocenters. The number of benzene rings is 3. The minimum Gasteiger partial charge on any atom is -0.496 e. The second kappa shape index (κ2) is 14.4. The fourth-order valence-corrected chi connectivity index (χ4v) is 6.34. The normalized spacial score (nSPS) is 17.0. The Labute approximate surface area is 257 Å². The standard InChI is InChI=1S/C33H40N4O5S/c1-22-12-8-9-15-24(22)19-34-30(39)29-33(2,3)43-21-37(29)31(40)28(38)26(18-23-13-6-5-7-14-23)36-32(41)35-20-25-16-10-11-17-27(25)42-4/h5-17,26,28-29,38H,18-21H2,1-4H3,(H,34,39)(H2,35,36,41)/t26?,28?,29-/m1/s1. The molecule has 9 nitrogen and oxygen atoms in total. The Bertz CT molecular complexity index is 1420. The molecule has 3 aromatic carbocycles. The number of nitrogens with zero attached hydrogens (tertiary/aromatic N) is 1. The van der Waals surface area contributed by atoms with E-state index in [-0.39, 0.29) is 24.7 Å². The first-order chi connectivity index (χ1) is 20.6. The van der Waals surface area contributed by atoms with Crippen LogP contribution < -0.4 is 20.7 Å². The number of ether oxygens (including phenoxy) is 1. The van der Waals surface area contributed by atoms with E-state index in [4.69, 9.17) is 4.74 Å². The third kappa shape index (κ3) is 8.09. The molecule has 4 N–H and O–H groups in total. The van der Waals surface area contributed by atoms with Gasteiger partial charge in [0.1, 0.15) is 11.8 Å². The zero-order chi connectivity index (χ0) is 31.0. The number of aliphatic hydroxyl groups excluding tert-OH is 1. The molecule has 1 saturated heterocycles. The van der Waals surface area contributed by atoms with Gasteiger partial charge in [0.2, 0.25) is 5.91 Å². The molecule has 0 saturated carbocycles. The summed E-state index contributed by atoms with van der Waals surface area (Å²) < 4.78 is 4.78. The highest BCUT2D eigenvalue weighted by molar-refractivity contribution is 8.00. The van der Waals surface area contributed by atoms with Gasteiger partial charge in [-0.25, -0.2) is 4.79 Å². The zero-order valence-electron chi connectivity index (χ0n) is 25.0. The predicted octanol–water partition coefficient (Wildman–Crippen LogP) is 3.77. The number of aryl methyl sites for hydroxylation is 1. The number of carbonyl (C=O) groups is 3. The molecule has 4 rings (SSSR count). The number of nitrogens with one attached hydrogen (secondary N) is 3. The maximum atomic E-state index is 13.8. The van der Waals surface area contributed by atoms with Crippen LogP contribution in [-0.2, 0) is 29.1 Å². The number of methoxy groups -OCH3 is 1. The van der Waals surface area contributed by atoms with Crippen LogP contribution in [-0.4, -0.2) is 63.8 Å². The van der Waals surface area contributed by atoms with Gasteiger partial charge in [-0.3, -0.25) is 9.59 Å². The first-order valence-corrected chi connectivity index (χ1v) is 15.2. The summed E-state index contributed by atoms with van der Waals surface area (Å²) in [5.74, 6) is -0.0237. The topological polar surface area (TPSA) is 120 Å². The molecule has 0 spiro atoms. The Balaban J connectivity index is 1.48. The summed E-state index contributed by atoms with van der Waals surface area (Å²) in [5.41, 5.74) is 3.67. The summed E-state index contributed by atoms with van der Waals surface area (Å²) in [6.45, 7) is 6.34. The lowest BCUT2D eigenvalue weighted by Gasteiger charge is -2.33. The number of amides is 4. The number of aliphatic hydroxyl groups is 1. The molecule has 2 unspecified atom stereocenters. The van der Waals surface area contributed by atoms with Gasteiger partial charge in [-0.15, -0.1) is 11.8 Å². The average Bonchev–Trinajstić information content (AvgIpc) is 3.33. The van der Waals surface area contributed by atoms with E-state index in [9.17, 15) is 19.5 Å². The first-order valence-electron chi connectivity index (χ1n) is 14.3. The molecule has 0 aromatic heterocycles. The van der Waals surface area contributed by atoms with Crippen molar-refractivity contribution in [2.24, 2.45) is 0 Å². The molecular formula is C33H40N4O5S. The third-order valence-electron chi connectivity index (χ3n) is 7.67. The predicted molar refractivity (Wildman–Crippen MR) is 169 cm³/mol. The summed E-state index contributed by atoms with van der Waals surface area (Å²) in [4.78, 5) is 41.8.